The van der Waals surface area contributed by atoms with E-state index in [1.807, 2.05) is 30.3 Å². The third-order valence-electron chi connectivity index (χ3n) is 3.38. The predicted octanol–water partition coefficient (Wildman–Crippen LogP) is 3.36. The molecule has 5 nitrogen and oxygen atoms in total. The Hall–Kier alpha value is -3.00. The number of nitriles is 1. The summed E-state index contributed by atoms with van der Waals surface area (Å²) in [6.45, 7) is 0.417. The van der Waals surface area contributed by atoms with Crippen LogP contribution < -0.4 is 9.47 Å². The van der Waals surface area contributed by atoms with Crippen LogP contribution >= 0.6 is 0 Å². The smallest absolute Gasteiger partial charge is 0.305 e. The zero-order valence-corrected chi connectivity index (χ0v) is 12.7. The highest BCUT2D eigenvalue weighted by molar-refractivity contribution is 5.68. The van der Waals surface area contributed by atoms with Gasteiger partial charge in [0.05, 0.1) is 25.5 Å². The summed E-state index contributed by atoms with van der Waals surface area (Å²) in [5.41, 5.74) is 1.68. The molecule has 2 rings (SSSR count). The molecule has 0 saturated heterocycles. The molecule has 0 aliphatic rings. The maximum atomic E-state index is 10.7. The molecule has 5 heteroatoms. The van der Waals surface area contributed by atoms with Crippen molar-refractivity contribution in [3.63, 3.8) is 0 Å². The van der Waals surface area contributed by atoms with Crippen LogP contribution in [0.2, 0.25) is 0 Å². The number of carbonyl (C=O) groups is 1. The molecule has 0 amide bonds. The van der Waals surface area contributed by atoms with Crippen molar-refractivity contribution in [1.82, 2.24) is 0 Å². The molecule has 0 bridgehead atoms. The lowest BCUT2D eigenvalue weighted by atomic mass is 9.97. The first-order chi connectivity index (χ1) is 11.1. The lowest BCUT2D eigenvalue weighted by molar-refractivity contribution is -0.137. The first-order valence-electron chi connectivity index (χ1n) is 7.09. The van der Waals surface area contributed by atoms with Gasteiger partial charge < -0.3 is 14.6 Å². The number of rotatable bonds is 7. The van der Waals surface area contributed by atoms with Gasteiger partial charge in [0.15, 0.2) is 0 Å². The lowest BCUT2D eigenvalue weighted by Crippen LogP contribution is -2.04. The number of hydrogen-bond donors (Lipinski definition) is 1. The SMILES string of the molecule is COc1ccc(COc2ccc([C@@H](C#N)CC(=O)O)cc2)cc1. The van der Waals surface area contributed by atoms with E-state index in [2.05, 4.69) is 0 Å². The summed E-state index contributed by atoms with van der Waals surface area (Å²) < 4.78 is 10.8. The fraction of sp³-hybridized carbons (Fsp3) is 0.222. The van der Waals surface area contributed by atoms with Gasteiger partial charge in [0.2, 0.25) is 0 Å². The fourth-order valence-electron chi connectivity index (χ4n) is 2.10. The highest BCUT2D eigenvalue weighted by Crippen LogP contribution is 2.22. The van der Waals surface area contributed by atoms with E-state index in [-0.39, 0.29) is 6.42 Å². The van der Waals surface area contributed by atoms with Gasteiger partial charge in [0.25, 0.3) is 0 Å². The molecule has 1 atom stereocenters. The molecule has 1 N–H and O–H groups in total. The maximum Gasteiger partial charge on any atom is 0.305 e. The zero-order valence-electron chi connectivity index (χ0n) is 12.7. The average Bonchev–Trinajstić information content (AvgIpc) is 2.58. The number of carboxylic acid groups (broad SMARTS) is 1. The molecule has 2 aromatic carbocycles. The van der Waals surface area contributed by atoms with Crippen molar-refractivity contribution >= 4 is 5.97 Å². The molecule has 0 fully saturated rings. The van der Waals surface area contributed by atoms with Gasteiger partial charge >= 0.3 is 5.97 Å². The minimum atomic E-state index is -0.989. The number of carboxylic acids is 1. The van der Waals surface area contributed by atoms with Crippen molar-refractivity contribution < 1.29 is 19.4 Å². The summed E-state index contributed by atoms with van der Waals surface area (Å²) in [6.07, 6.45) is -0.206. The van der Waals surface area contributed by atoms with Gasteiger partial charge in [-0.25, -0.2) is 0 Å². The molecule has 118 valence electrons. The monoisotopic (exact) mass is 311 g/mol. The Morgan fingerprint density at radius 1 is 1.13 bits per heavy atom. The molecule has 0 saturated carbocycles. The number of ether oxygens (including phenoxy) is 2. The van der Waals surface area contributed by atoms with Crippen LogP contribution in [0, 0.1) is 11.3 Å². The van der Waals surface area contributed by atoms with Crippen molar-refractivity contribution in [2.75, 3.05) is 7.11 Å². The highest BCUT2D eigenvalue weighted by Gasteiger charge is 2.14. The molecule has 0 radical (unpaired) electrons. The molecule has 0 aromatic heterocycles. The third kappa shape index (κ3) is 4.75. The fourth-order valence-corrected chi connectivity index (χ4v) is 2.10. The van der Waals surface area contributed by atoms with Gasteiger partial charge in [0, 0.05) is 0 Å². The van der Waals surface area contributed by atoms with Crippen molar-refractivity contribution in [2.45, 2.75) is 18.9 Å². The number of benzene rings is 2. The Labute approximate surface area is 134 Å². The summed E-state index contributed by atoms with van der Waals surface area (Å²) in [4.78, 5) is 10.7. The summed E-state index contributed by atoms with van der Waals surface area (Å²) in [7, 11) is 1.62. The van der Waals surface area contributed by atoms with Crippen LogP contribution in [0.15, 0.2) is 48.5 Å². The Balaban J connectivity index is 1.96. The molecule has 0 spiro atoms. The number of nitrogens with zero attached hydrogens (tertiary/aromatic N) is 1. The number of aliphatic carboxylic acids is 1. The second kappa shape index (κ2) is 7.85. The van der Waals surface area contributed by atoms with E-state index in [0.29, 0.717) is 17.9 Å². The van der Waals surface area contributed by atoms with Gasteiger partial charge in [-0.3, -0.25) is 4.79 Å². The molecule has 0 aliphatic heterocycles. The summed E-state index contributed by atoms with van der Waals surface area (Å²) >= 11 is 0. The van der Waals surface area contributed by atoms with Crippen LogP contribution in [-0.4, -0.2) is 18.2 Å². The van der Waals surface area contributed by atoms with E-state index < -0.39 is 11.9 Å². The van der Waals surface area contributed by atoms with E-state index in [1.165, 1.54) is 0 Å². The van der Waals surface area contributed by atoms with Gasteiger partial charge in [-0.1, -0.05) is 24.3 Å². The first kappa shape index (κ1) is 16.4. The topological polar surface area (TPSA) is 79.5 Å². The Bertz CT molecular complexity index is 686. The van der Waals surface area contributed by atoms with Gasteiger partial charge in [0.1, 0.15) is 18.1 Å². The Kier molecular flexibility index (Phi) is 5.59. The minimum Gasteiger partial charge on any atom is -0.497 e. The summed E-state index contributed by atoms with van der Waals surface area (Å²) in [5.74, 6) is -0.185. The van der Waals surface area contributed by atoms with Crippen molar-refractivity contribution in [3.8, 4) is 17.6 Å². The van der Waals surface area contributed by atoms with Crippen LogP contribution in [0.4, 0.5) is 0 Å². The van der Waals surface area contributed by atoms with Crippen molar-refractivity contribution in [3.05, 3.63) is 59.7 Å². The lowest BCUT2D eigenvalue weighted by Gasteiger charge is -2.10. The first-order valence-corrected chi connectivity index (χ1v) is 7.09. The normalized spacial score (nSPS) is 11.3. The van der Waals surface area contributed by atoms with Gasteiger partial charge in [-0.2, -0.15) is 5.26 Å². The zero-order chi connectivity index (χ0) is 16.7. The third-order valence-corrected chi connectivity index (χ3v) is 3.38. The predicted molar refractivity (Wildman–Crippen MR) is 84.4 cm³/mol. The summed E-state index contributed by atoms with van der Waals surface area (Å²) in [6, 6.07) is 16.5. The Morgan fingerprint density at radius 2 is 1.74 bits per heavy atom. The van der Waals surface area contributed by atoms with Gasteiger partial charge in [-0.05, 0) is 35.4 Å². The standard InChI is InChI=1S/C18H17NO4/c1-22-16-6-2-13(3-7-16)12-23-17-8-4-14(5-9-17)15(11-19)10-18(20)21/h2-9,15H,10,12H2,1H3,(H,20,21)/t15-/m1/s1. The van der Waals surface area contributed by atoms with E-state index >= 15 is 0 Å². The van der Waals surface area contributed by atoms with E-state index in [4.69, 9.17) is 19.8 Å². The molecule has 23 heavy (non-hydrogen) atoms. The number of hydrogen-bond acceptors (Lipinski definition) is 4. The molecular formula is C18H17NO4. The van der Waals surface area contributed by atoms with Crippen LogP contribution in [0.1, 0.15) is 23.5 Å². The van der Waals surface area contributed by atoms with Crippen molar-refractivity contribution in [2.24, 2.45) is 0 Å². The van der Waals surface area contributed by atoms with Crippen LogP contribution in [0.25, 0.3) is 0 Å². The van der Waals surface area contributed by atoms with Crippen LogP contribution in [-0.2, 0) is 11.4 Å². The molecule has 0 heterocycles. The molecule has 2 aromatic rings. The van der Waals surface area contributed by atoms with E-state index in [0.717, 1.165) is 11.3 Å². The second-order valence-corrected chi connectivity index (χ2v) is 4.99. The van der Waals surface area contributed by atoms with Gasteiger partial charge in [-0.15, -0.1) is 0 Å². The largest absolute Gasteiger partial charge is 0.497 e. The summed E-state index contributed by atoms with van der Waals surface area (Å²) in [5, 5.41) is 17.8. The molecule has 0 unspecified atom stereocenters. The van der Waals surface area contributed by atoms with Crippen LogP contribution in [0.5, 0.6) is 11.5 Å². The average molecular weight is 311 g/mol. The second-order valence-electron chi connectivity index (χ2n) is 4.99. The van der Waals surface area contributed by atoms with E-state index in [9.17, 15) is 4.79 Å². The van der Waals surface area contributed by atoms with E-state index in [1.54, 1.807) is 31.4 Å². The Morgan fingerprint density at radius 3 is 2.26 bits per heavy atom. The molecule has 0 aliphatic carbocycles. The molecular weight excluding hydrogens is 294 g/mol. The van der Waals surface area contributed by atoms with Crippen molar-refractivity contribution in [1.29, 1.82) is 5.26 Å². The highest BCUT2D eigenvalue weighted by atomic mass is 16.5. The van der Waals surface area contributed by atoms with Crippen LogP contribution in [0.3, 0.4) is 0 Å². The quantitative estimate of drug-likeness (QED) is 0.848. The number of methoxy groups -OCH3 is 1. The minimum absolute atomic E-state index is 0.206. The maximum absolute atomic E-state index is 10.7.